The number of aryl methyl sites for hydroxylation is 1. The summed E-state index contributed by atoms with van der Waals surface area (Å²) in [4.78, 5) is 0. The van der Waals surface area contributed by atoms with Crippen molar-refractivity contribution in [1.29, 1.82) is 0 Å². The first-order chi connectivity index (χ1) is 8.27. The maximum atomic E-state index is 10.2. The van der Waals surface area contributed by atoms with E-state index in [-0.39, 0.29) is 0 Å². The normalized spacial score (nSPS) is 10.7. The standard InChI is InChI=1S/C15H18O2/c1-3-4-7-11-10-14(17-2)12-8-5-6-9-13(12)15(11)16/h5-6,8-10,16H,3-4,7H2,1-2H3. The SMILES string of the molecule is CCCCc1cc(OC)c2ccccc2c1O. The van der Waals surface area contributed by atoms with Crippen molar-refractivity contribution < 1.29 is 9.84 Å². The molecule has 2 aromatic rings. The van der Waals surface area contributed by atoms with E-state index in [2.05, 4.69) is 6.92 Å². The van der Waals surface area contributed by atoms with Gasteiger partial charge in [-0.2, -0.15) is 0 Å². The Morgan fingerprint density at radius 2 is 1.88 bits per heavy atom. The molecule has 0 bridgehead atoms. The predicted molar refractivity (Wildman–Crippen MR) is 70.8 cm³/mol. The maximum Gasteiger partial charge on any atom is 0.127 e. The molecule has 0 spiro atoms. The number of hydrogen-bond acceptors (Lipinski definition) is 2. The third-order valence-corrected chi connectivity index (χ3v) is 3.08. The van der Waals surface area contributed by atoms with Crippen molar-refractivity contribution in [3.05, 3.63) is 35.9 Å². The van der Waals surface area contributed by atoms with E-state index in [1.165, 1.54) is 0 Å². The Morgan fingerprint density at radius 1 is 1.18 bits per heavy atom. The largest absolute Gasteiger partial charge is 0.507 e. The molecular formula is C15H18O2. The molecule has 0 aliphatic rings. The number of fused-ring (bicyclic) bond motifs is 1. The Labute approximate surface area is 102 Å². The van der Waals surface area contributed by atoms with Crippen LogP contribution in [-0.2, 0) is 6.42 Å². The molecule has 0 aromatic heterocycles. The Hall–Kier alpha value is -1.70. The van der Waals surface area contributed by atoms with Crippen LogP contribution in [0.3, 0.4) is 0 Å². The third-order valence-electron chi connectivity index (χ3n) is 3.08. The van der Waals surface area contributed by atoms with Gasteiger partial charge in [0.15, 0.2) is 0 Å². The maximum absolute atomic E-state index is 10.2. The van der Waals surface area contributed by atoms with E-state index in [1.807, 2.05) is 30.3 Å². The van der Waals surface area contributed by atoms with Gasteiger partial charge >= 0.3 is 0 Å². The summed E-state index contributed by atoms with van der Waals surface area (Å²) in [6.07, 6.45) is 3.09. The average molecular weight is 230 g/mol. The van der Waals surface area contributed by atoms with Crippen LogP contribution in [-0.4, -0.2) is 12.2 Å². The first kappa shape index (κ1) is 11.8. The number of benzene rings is 2. The second-order valence-electron chi connectivity index (χ2n) is 4.24. The van der Waals surface area contributed by atoms with Crippen LogP contribution in [0.2, 0.25) is 0 Å². The zero-order chi connectivity index (χ0) is 12.3. The Kier molecular flexibility index (Phi) is 3.52. The number of hydrogen-bond donors (Lipinski definition) is 1. The highest BCUT2D eigenvalue weighted by atomic mass is 16.5. The fourth-order valence-corrected chi connectivity index (χ4v) is 2.11. The lowest BCUT2D eigenvalue weighted by molar-refractivity contribution is 0.417. The van der Waals surface area contributed by atoms with E-state index < -0.39 is 0 Å². The van der Waals surface area contributed by atoms with Crippen LogP contribution in [0.4, 0.5) is 0 Å². The van der Waals surface area contributed by atoms with E-state index in [4.69, 9.17) is 4.74 Å². The van der Waals surface area contributed by atoms with Crippen molar-refractivity contribution in [3.8, 4) is 11.5 Å². The lowest BCUT2D eigenvalue weighted by atomic mass is 10.0. The summed E-state index contributed by atoms with van der Waals surface area (Å²) in [5.41, 5.74) is 0.974. The van der Waals surface area contributed by atoms with Crippen LogP contribution in [0, 0.1) is 0 Å². The zero-order valence-electron chi connectivity index (χ0n) is 10.4. The molecule has 0 fully saturated rings. The van der Waals surface area contributed by atoms with Crippen molar-refractivity contribution in [1.82, 2.24) is 0 Å². The Bertz CT molecular complexity index is 518. The monoisotopic (exact) mass is 230 g/mol. The van der Waals surface area contributed by atoms with E-state index in [1.54, 1.807) is 7.11 Å². The average Bonchev–Trinajstić information content (AvgIpc) is 2.38. The molecule has 0 aliphatic carbocycles. The summed E-state index contributed by atoms with van der Waals surface area (Å²) < 4.78 is 5.39. The molecular weight excluding hydrogens is 212 g/mol. The van der Waals surface area contributed by atoms with Gasteiger partial charge < -0.3 is 9.84 Å². The summed E-state index contributed by atoms with van der Waals surface area (Å²) in [6, 6.07) is 9.74. The molecule has 0 heterocycles. The van der Waals surface area contributed by atoms with Crippen LogP contribution in [0.25, 0.3) is 10.8 Å². The van der Waals surface area contributed by atoms with Gasteiger partial charge in [-0.3, -0.25) is 0 Å². The molecule has 0 radical (unpaired) electrons. The van der Waals surface area contributed by atoms with Crippen LogP contribution < -0.4 is 4.74 Å². The quantitative estimate of drug-likeness (QED) is 0.863. The summed E-state index contributed by atoms with van der Waals surface area (Å²) in [5, 5.41) is 12.1. The molecule has 90 valence electrons. The minimum absolute atomic E-state index is 0.398. The molecule has 0 amide bonds. The molecule has 0 unspecified atom stereocenters. The Balaban J connectivity index is 2.58. The number of phenolic OH excluding ortho intramolecular Hbond substituents is 1. The van der Waals surface area contributed by atoms with Crippen molar-refractivity contribution in [2.24, 2.45) is 0 Å². The van der Waals surface area contributed by atoms with Crippen LogP contribution in [0.1, 0.15) is 25.3 Å². The summed E-state index contributed by atoms with van der Waals surface area (Å²) in [6.45, 7) is 2.15. The van der Waals surface area contributed by atoms with E-state index >= 15 is 0 Å². The van der Waals surface area contributed by atoms with Gasteiger partial charge in [-0.25, -0.2) is 0 Å². The van der Waals surface area contributed by atoms with Crippen molar-refractivity contribution in [2.75, 3.05) is 7.11 Å². The van der Waals surface area contributed by atoms with Gasteiger partial charge in [-0.1, -0.05) is 37.6 Å². The molecule has 0 aliphatic heterocycles. The first-order valence-corrected chi connectivity index (χ1v) is 6.05. The van der Waals surface area contributed by atoms with Gasteiger partial charge in [0.25, 0.3) is 0 Å². The third kappa shape index (κ3) is 2.21. The van der Waals surface area contributed by atoms with Crippen molar-refractivity contribution in [2.45, 2.75) is 26.2 Å². The van der Waals surface area contributed by atoms with Crippen LogP contribution in [0.15, 0.2) is 30.3 Å². The predicted octanol–water partition coefficient (Wildman–Crippen LogP) is 3.90. The number of rotatable bonds is 4. The van der Waals surface area contributed by atoms with Crippen LogP contribution >= 0.6 is 0 Å². The summed E-state index contributed by atoms with van der Waals surface area (Å²) in [7, 11) is 1.67. The first-order valence-electron chi connectivity index (χ1n) is 6.05. The minimum Gasteiger partial charge on any atom is -0.507 e. The number of unbranched alkanes of at least 4 members (excludes halogenated alkanes) is 1. The van der Waals surface area contributed by atoms with Gasteiger partial charge in [0, 0.05) is 10.8 Å². The lowest BCUT2D eigenvalue weighted by Gasteiger charge is -2.11. The van der Waals surface area contributed by atoms with E-state index in [0.29, 0.717) is 5.75 Å². The highest BCUT2D eigenvalue weighted by molar-refractivity contribution is 5.94. The van der Waals surface area contributed by atoms with Gasteiger partial charge in [-0.15, -0.1) is 0 Å². The molecule has 2 aromatic carbocycles. The van der Waals surface area contributed by atoms with Gasteiger partial charge in [0.05, 0.1) is 7.11 Å². The fraction of sp³-hybridized carbons (Fsp3) is 0.333. The number of phenols is 1. The smallest absolute Gasteiger partial charge is 0.127 e. The molecule has 2 heteroatoms. The van der Waals surface area contributed by atoms with Crippen LogP contribution in [0.5, 0.6) is 11.5 Å². The molecule has 2 nitrogen and oxygen atoms in total. The summed E-state index contributed by atoms with van der Waals surface area (Å²) >= 11 is 0. The lowest BCUT2D eigenvalue weighted by Crippen LogP contribution is -1.91. The van der Waals surface area contributed by atoms with Gasteiger partial charge in [-0.05, 0) is 24.5 Å². The molecule has 2 rings (SSSR count). The number of ether oxygens (including phenoxy) is 1. The highest BCUT2D eigenvalue weighted by Crippen LogP contribution is 2.36. The second kappa shape index (κ2) is 5.09. The zero-order valence-corrected chi connectivity index (χ0v) is 10.4. The number of aromatic hydroxyl groups is 1. The molecule has 17 heavy (non-hydrogen) atoms. The Morgan fingerprint density at radius 3 is 2.53 bits per heavy atom. The summed E-state index contributed by atoms with van der Waals surface area (Å²) in [5.74, 6) is 1.24. The highest BCUT2D eigenvalue weighted by Gasteiger charge is 2.10. The van der Waals surface area contributed by atoms with Gasteiger partial charge in [0.1, 0.15) is 11.5 Å². The fourth-order valence-electron chi connectivity index (χ4n) is 2.11. The van der Waals surface area contributed by atoms with Gasteiger partial charge in [0.2, 0.25) is 0 Å². The topological polar surface area (TPSA) is 29.5 Å². The van der Waals surface area contributed by atoms with E-state index in [0.717, 1.165) is 41.3 Å². The van der Waals surface area contributed by atoms with Crippen molar-refractivity contribution >= 4 is 10.8 Å². The second-order valence-corrected chi connectivity index (χ2v) is 4.24. The van der Waals surface area contributed by atoms with Crippen molar-refractivity contribution in [3.63, 3.8) is 0 Å². The number of methoxy groups -OCH3 is 1. The molecule has 0 atom stereocenters. The molecule has 0 saturated heterocycles. The minimum atomic E-state index is 0.398. The molecule has 1 N–H and O–H groups in total. The molecule has 0 saturated carbocycles. The van der Waals surface area contributed by atoms with E-state index in [9.17, 15) is 5.11 Å².